The molecule has 0 bridgehead atoms. The monoisotopic (exact) mass is 195 g/mol. The van der Waals surface area contributed by atoms with E-state index in [4.69, 9.17) is 23.8 Å². The van der Waals surface area contributed by atoms with Crippen LogP contribution in [0.15, 0.2) is 41.1 Å². The number of alkyl halides is 1. The van der Waals surface area contributed by atoms with Gasteiger partial charge in [0, 0.05) is 16.6 Å². The fourth-order valence-corrected chi connectivity index (χ4v) is 1.60. The Morgan fingerprint density at radius 2 is 2.25 bits per heavy atom. The summed E-state index contributed by atoms with van der Waals surface area (Å²) in [6, 6.07) is 0. The molecule has 1 unspecified atom stereocenters. The van der Waals surface area contributed by atoms with Crippen LogP contribution in [0.1, 0.15) is 0 Å². The number of aliphatic imine (C=N–C) groups is 1. The van der Waals surface area contributed by atoms with E-state index in [1.807, 2.05) is 24.3 Å². The molecule has 0 amide bonds. The molecule has 2 rings (SSSR count). The van der Waals surface area contributed by atoms with Crippen LogP contribution in [0.2, 0.25) is 0 Å². The largest absolute Gasteiger partial charge is 0.256 e. The van der Waals surface area contributed by atoms with Crippen molar-refractivity contribution in [3.63, 3.8) is 0 Å². The van der Waals surface area contributed by atoms with Gasteiger partial charge in [-0.1, -0.05) is 24.4 Å². The smallest absolute Gasteiger partial charge is 0.0711 e. The molecule has 0 radical (unpaired) electrons. The summed E-state index contributed by atoms with van der Waals surface area (Å²) in [5.41, 5.74) is 1.90. The topological polar surface area (TPSA) is 12.4 Å². The molecule has 0 aromatic heterocycles. The van der Waals surface area contributed by atoms with E-state index in [1.54, 1.807) is 6.20 Å². The van der Waals surface area contributed by atoms with Gasteiger partial charge in [-0.2, -0.15) is 0 Å². The average Bonchev–Trinajstić information content (AvgIpc) is 2.07. The van der Waals surface area contributed by atoms with Gasteiger partial charge >= 0.3 is 0 Å². The van der Waals surface area contributed by atoms with E-state index < -0.39 is 0 Å². The number of halogens is 1. The predicted molar refractivity (Wildman–Crippen MR) is 56.0 cm³/mol. The zero-order valence-electron chi connectivity index (χ0n) is 6.20. The summed E-state index contributed by atoms with van der Waals surface area (Å²) in [6.07, 6.45) is 9.25. The van der Waals surface area contributed by atoms with E-state index in [-0.39, 0.29) is 5.38 Å². The van der Waals surface area contributed by atoms with Gasteiger partial charge in [0.15, 0.2) is 0 Å². The minimum atomic E-state index is -0.0524. The molecule has 1 aliphatic heterocycles. The van der Waals surface area contributed by atoms with Gasteiger partial charge in [0.25, 0.3) is 0 Å². The van der Waals surface area contributed by atoms with Gasteiger partial charge in [-0.05, 0) is 12.2 Å². The molecule has 0 aromatic carbocycles. The quantitative estimate of drug-likeness (QED) is 0.427. The molecule has 1 atom stereocenters. The van der Waals surface area contributed by atoms with Crippen LogP contribution in [0.3, 0.4) is 0 Å². The number of rotatable bonds is 0. The zero-order chi connectivity index (χ0) is 8.55. The predicted octanol–water partition coefficient (Wildman–Crippen LogP) is 2.43. The van der Waals surface area contributed by atoms with Crippen molar-refractivity contribution in [2.24, 2.45) is 4.99 Å². The Morgan fingerprint density at radius 1 is 1.42 bits per heavy atom. The summed E-state index contributed by atoms with van der Waals surface area (Å²) >= 11 is 11.0. The van der Waals surface area contributed by atoms with Crippen molar-refractivity contribution in [1.29, 1.82) is 0 Å². The molecule has 0 fully saturated rings. The lowest BCUT2D eigenvalue weighted by molar-refractivity contribution is 1.36. The molecule has 0 spiro atoms. The van der Waals surface area contributed by atoms with Crippen LogP contribution in [0.5, 0.6) is 0 Å². The first kappa shape index (κ1) is 7.90. The van der Waals surface area contributed by atoms with E-state index in [2.05, 4.69) is 4.99 Å². The van der Waals surface area contributed by atoms with Crippen molar-refractivity contribution in [3.8, 4) is 0 Å². The Balaban J connectivity index is 2.46. The fourth-order valence-electron chi connectivity index (χ4n) is 1.17. The molecule has 1 aliphatic carbocycles. The Hall–Kier alpha value is -0.730. The van der Waals surface area contributed by atoms with Crippen molar-refractivity contribution in [1.82, 2.24) is 0 Å². The van der Waals surface area contributed by atoms with Crippen molar-refractivity contribution in [3.05, 3.63) is 36.1 Å². The maximum Gasteiger partial charge on any atom is 0.0711 e. The molecule has 3 heteroatoms. The number of nitrogens with zero attached hydrogens (tertiary/aromatic N) is 1. The zero-order valence-corrected chi connectivity index (χ0v) is 7.77. The number of hydrogen-bond donors (Lipinski definition) is 0. The molecular weight excluding hydrogens is 190 g/mol. The van der Waals surface area contributed by atoms with Gasteiger partial charge in [0.1, 0.15) is 0 Å². The summed E-state index contributed by atoms with van der Waals surface area (Å²) < 4.78 is 0. The van der Waals surface area contributed by atoms with E-state index in [0.29, 0.717) is 0 Å². The van der Waals surface area contributed by atoms with Crippen molar-refractivity contribution < 1.29 is 0 Å². The third kappa shape index (κ3) is 1.28. The molecule has 60 valence electrons. The summed E-state index contributed by atoms with van der Waals surface area (Å²) in [4.78, 5) is 4.99. The van der Waals surface area contributed by atoms with Crippen molar-refractivity contribution >= 4 is 34.4 Å². The van der Waals surface area contributed by atoms with Crippen LogP contribution in [0.4, 0.5) is 0 Å². The second-order valence-electron chi connectivity index (χ2n) is 2.58. The molecule has 1 heterocycles. The van der Waals surface area contributed by atoms with Gasteiger partial charge in [-0.25, -0.2) is 0 Å². The Labute approximate surface area is 81.1 Å². The molecule has 0 aromatic rings. The summed E-state index contributed by atoms with van der Waals surface area (Å²) in [5.74, 6) is 0. The summed E-state index contributed by atoms with van der Waals surface area (Å²) in [7, 11) is 0. The van der Waals surface area contributed by atoms with Crippen LogP contribution >= 0.6 is 23.8 Å². The first-order valence-electron chi connectivity index (χ1n) is 3.60. The van der Waals surface area contributed by atoms with E-state index in [9.17, 15) is 0 Å². The Kier molecular flexibility index (Phi) is 1.95. The lowest BCUT2D eigenvalue weighted by atomic mass is 9.99. The third-order valence-electron chi connectivity index (χ3n) is 1.74. The number of hydrogen-bond acceptors (Lipinski definition) is 2. The average molecular weight is 196 g/mol. The maximum absolute atomic E-state index is 5.90. The number of fused-ring (bicyclic) bond motifs is 1. The first-order valence-corrected chi connectivity index (χ1v) is 4.45. The standard InChI is InChI=1S/C9H6ClNS/c10-6-1-2-8-7(5-6)9(12)3-4-11-8/h1-6H. The van der Waals surface area contributed by atoms with Gasteiger partial charge in [0.05, 0.1) is 11.1 Å². The number of allylic oxidation sites excluding steroid dienone is 5. The third-order valence-corrected chi connectivity index (χ3v) is 2.37. The number of thiocarbonyl (C=S) groups is 1. The molecule has 2 aliphatic rings. The van der Waals surface area contributed by atoms with Crippen molar-refractivity contribution in [2.75, 3.05) is 0 Å². The van der Waals surface area contributed by atoms with Crippen LogP contribution in [0.25, 0.3) is 0 Å². The lowest BCUT2D eigenvalue weighted by Crippen LogP contribution is -2.15. The summed E-state index contributed by atoms with van der Waals surface area (Å²) in [6.45, 7) is 0. The molecule has 0 saturated heterocycles. The van der Waals surface area contributed by atoms with Gasteiger partial charge < -0.3 is 0 Å². The van der Waals surface area contributed by atoms with Crippen molar-refractivity contribution in [2.45, 2.75) is 5.38 Å². The van der Waals surface area contributed by atoms with Gasteiger partial charge in [0.2, 0.25) is 0 Å². The highest BCUT2D eigenvalue weighted by atomic mass is 35.5. The molecule has 1 nitrogen and oxygen atoms in total. The van der Waals surface area contributed by atoms with Crippen LogP contribution in [-0.4, -0.2) is 16.0 Å². The second kappa shape index (κ2) is 2.96. The normalized spacial score (nSPS) is 26.4. The Morgan fingerprint density at radius 3 is 3.08 bits per heavy atom. The summed E-state index contributed by atoms with van der Waals surface area (Å²) in [5, 5.41) is -0.0524. The highest BCUT2D eigenvalue weighted by Crippen LogP contribution is 2.18. The Bertz CT molecular complexity index is 350. The van der Waals surface area contributed by atoms with E-state index in [1.165, 1.54) is 0 Å². The van der Waals surface area contributed by atoms with Gasteiger partial charge in [-0.15, -0.1) is 11.6 Å². The molecule has 0 N–H and O–H groups in total. The highest BCUT2D eigenvalue weighted by Gasteiger charge is 2.16. The second-order valence-corrected chi connectivity index (χ2v) is 3.52. The molecule has 0 saturated carbocycles. The van der Waals surface area contributed by atoms with E-state index in [0.717, 1.165) is 16.1 Å². The minimum absolute atomic E-state index is 0.0524. The fraction of sp³-hybridized carbons (Fsp3) is 0.111. The van der Waals surface area contributed by atoms with Crippen LogP contribution in [0, 0.1) is 0 Å². The molecular formula is C9H6ClNS. The first-order chi connectivity index (χ1) is 5.77. The van der Waals surface area contributed by atoms with Crippen LogP contribution < -0.4 is 0 Å². The maximum atomic E-state index is 5.90. The minimum Gasteiger partial charge on any atom is -0.256 e. The van der Waals surface area contributed by atoms with E-state index >= 15 is 0 Å². The van der Waals surface area contributed by atoms with Gasteiger partial charge in [-0.3, -0.25) is 4.99 Å². The molecule has 12 heavy (non-hydrogen) atoms. The highest BCUT2D eigenvalue weighted by molar-refractivity contribution is 7.81. The van der Waals surface area contributed by atoms with Crippen LogP contribution in [-0.2, 0) is 0 Å². The lowest BCUT2D eigenvalue weighted by Gasteiger charge is -2.14. The SMILES string of the molecule is S=C1C=CN=C2C=CC(Cl)C=C12.